The first kappa shape index (κ1) is 23.9. The molecule has 10 heteroatoms. The molecule has 1 fully saturated rings. The van der Waals surface area contributed by atoms with Crippen molar-refractivity contribution in [3.63, 3.8) is 0 Å². The van der Waals surface area contributed by atoms with Gasteiger partial charge in [0.25, 0.3) is 11.8 Å². The van der Waals surface area contributed by atoms with E-state index in [2.05, 4.69) is 5.32 Å². The van der Waals surface area contributed by atoms with Gasteiger partial charge >= 0.3 is 6.03 Å². The van der Waals surface area contributed by atoms with Crippen molar-refractivity contribution in [3.05, 3.63) is 46.5 Å². The Labute approximate surface area is 195 Å². The molecule has 0 saturated carbocycles. The molecule has 0 unspecified atom stereocenters. The summed E-state index contributed by atoms with van der Waals surface area (Å²) < 4.78 is 21.5. The lowest BCUT2D eigenvalue weighted by atomic mass is 10.1. The topological polar surface area (TPSA) is 103 Å². The number of halogens is 1. The second-order valence-electron chi connectivity index (χ2n) is 6.88. The number of barbiturate groups is 1. The summed E-state index contributed by atoms with van der Waals surface area (Å²) in [5.41, 5.74) is 0.319. The summed E-state index contributed by atoms with van der Waals surface area (Å²) in [6.07, 6.45) is 2.19. The van der Waals surface area contributed by atoms with Gasteiger partial charge in [0.15, 0.2) is 11.5 Å². The molecule has 1 aliphatic heterocycles. The summed E-state index contributed by atoms with van der Waals surface area (Å²) in [5, 5.41) is 2.40. The molecule has 4 amide bonds. The number of hydrogen-bond acceptors (Lipinski definition) is 7. The minimum Gasteiger partial charge on any atom is -0.495 e. The van der Waals surface area contributed by atoms with Crippen molar-refractivity contribution in [3.8, 4) is 23.0 Å². The van der Waals surface area contributed by atoms with Gasteiger partial charge in [0.1, 0.15) is 17.1 Å². The van der Waals surface area contributed by atoms with Crippen molar-refractivity contribution in [2.24, 2.45) is 0 Å². The Balaban J connectivity index is 2.04. The molecule has 33 heavy (non-hydrogen) atoms. The number of methoxy groups -OCH3 is 3. The second kappa shape index (κ2) is 10.3. The zero-order valence-corrected chi connectivity index (χ0v) is 19.3. The molecule has 0 spiro atoms. The Morgan fingerprint density at radius 3 is 2.27 bits per heavy atom. The van der Waals surface area contributed by atoms with Gasteiger partial charge in [-0.05, 0) is 30.2 Å². The number of hydrogen-bond donors (Lipinski definition) is 1. The van der Waals surface area contributed by atoms with E-state index in [0.29, 0.717) is 23.7 Å². The predicted molar refractivity (Wildman–Crippen MR) is 122 cm³/mol. The average Bonchev–Trinajstić information content (AvgIpc) is 2.81. The van der Waals surface area contributed by atoms with Crippen LogP contribution in [0.3, 0.4) is 0 Å². The fourth-order valence-electron chi connectivity index (χ4n) is 3.17. The van der Waals surface area contributed by atoms with E-state index in [1.165, 1.54) is 39.5 Å². The van der Waals surface area contributed by atoms with Crippen LogP contribution in [0.5, 0.6) is 23.0 Å². The number of urea groups is 1. The summed E-state index contributed by atoms with van der Waals surface area (Å²) in [7, 11) is 4.25. The van der Waals surface area contributed by atoms with Crippen LogP contribution in [0, 0.1) is 0 Å². The first-order chi connectivity index (χ1) is 15.8. The van der Waals surface area contributed by atoms with Crippen LogP contribution in [-0.2, 0) is 9.59 Å². The van der Waals surface area contributed by atoms with Crippen LogP contribution in [0.1, 0.15) is 18.9 Å². The summed E-state index contributed by atoms with van der Waals surface area (Å²) in [6, 6.07) is 6.86. The number of rotatable bonds is 8. The number of nitrogens with zero attached hydrogens (tertiary/aromatic N) is 1. The largest absolute Gasteiger partial charge is 0.495 e. The third-order valence-electron chi connectivity index (χ3n) is 4.76. The van der Waals surface area contributed by atoms with Gasteiger partial charge in [0, 0.05) is 12.1 Å². The Hall–Kier alpha value is -3.72. The van der Waals surface area contributed by atoms with Crippen molar-refractivity contribution in [1.29, 1.82) is 0 Å². The molecule has 1 heterocycles. The molecule has 1 N–H and O–H groups in total. The van der Waals surface area contributed by atoms with Crippen LogP contribution in [0.2, 0.25) is 5.02 Å². The van der Waals surface area contributed by atoms with Crippen LogP contribution in [-0.4, -0.2) is 45.8 Å². The van der Waals surface area contributed by atoms with E-state index in [9.17, 15) is 14.4 Å². The molecule has 3 rings (SSSR count). The first-order valence-corrected chi connectivity index (χ1v) is 10.4. The molecule has 0 bridgehead atoms. The minimum absolute atomic E-state index is 0.0699. The lowest BCUT2D eigenvalue weighted by Gasteiger charge is -2.28. The molecule has 0 aliphatic carbocycles. The van der Waals surface area contributed by atoms with E-state index in [1.54, 1.807) is 18.2 Å². The van der Waals surface area contributed by atoms with Gasteiger partial charge in [-0.15, -0.1) is 0 Å². The van der Waals surface area contributed by atoms with E-state index in [4.69, 9.17) is 30.5 Å². The lowest BCUT2D eigenvalue weighted by Crippen LogP contribution is -2.54. The number of carbonyl (C=O) groups is 3. The predicted octanol–water partition coefficient (Wildman–Crippen LogP) is 3.82. The van der Waals surface area contributed by atoms with Gasteiger partial charge in [-0.2, -0.15) is 0 Å². The molecule has 9 nitrogen and oxygen atoms in total. The molecule has 0 radical (unpaired) electrons. The summed E-state index contributed by atoms with van der Waals surface area (Å²) in [6.45, 7) is 2.50. The maximum atomic E-state index is 13.3. The summed E-state index contributed by atoms with van der Waals surface area (Å²) in [5.74, 6) is -0.308. The Morgan fingerprint density at radius 1 is 0.939 bits per heavy atom. The second-order valence-corrected chi connectivity index (χ2v) is 7.28. The highest BCUT2D eigenvalue weighted by Gasteiger charge is 2.38. The highest BCUT2D eigenvalue weighted by Crippen LogP contribution is 2.39. The van der Waals surface area contributed by atoms with Crippen molar-refractivity contribution >= 4 is 41.2 Å². The first-order valence-electron chi connectivity index (χ1n) is 9.98. The van der Waals surface area contributed by atoms with E-state index in [0.717, 1.165) is 11.3 Å². The van der Waals surface area contributed by atoms with Gasteiger partial charge in [0.2, 0.25) is 0 Å². The number of ether oxygens (including phenoxy) is 4. The molecular weight excluding hydrogens is 452 g/mol. The number of carbonyl (C=O) groups excluding carboxylic acids is 3. The number of anilines is 1. The Kier molecular flexibility index (Phi) is 7.44. The van der Waals surface area contributed by atoms with Gasteiger partial charge in [0.05, 0.1) is 38.6 Å². The third kappa shape index (κ3) is 4.88. The van der Waals surface area contributed by atoms with Crippen molar-refractivity contribution < 1.29 is 33.3 Å². The number of imide groups is 2. The molecule has 2 aromatic carbocycles. The number of amides is 4. The molecular formula is C23H23ClN2O7. The van der Waals surface area contributed by atoms with Crippen molar-refractivity contribution in [2.75, 3.05) is 32.8 Å². The van der Waals surface area contributed by atoms with Crippen molar-refractivity contribution in [1.82, 2.24) is 5.32 Å². The van der Waals surface area contributed by atoms with E-state index in [1.807, 2.05) is 6.92 Å². The van der Waals surface area contributed by atoms with E-state index >= 15 is 0 Å². The average molecular weight is 475 g/mol. The van der Waals surface area contributed by atoms with E-state index < -0.39 is 17.8 Å². The standard InChI is InChI=1S/C23H23ClN2O7/c1-5-8-33-17-7-6-13(10-20(17)32-4)9-14-21(27)25-23(29)26(22(14)28)16-12-18(30-2)15(24)11-19(16)31-3/h6-7,9-12H,5,8H2,1-4H3,(H,25,27,29)/b14-9+. The monoisotopic (exact) mass is 474 g/mol. The van der Waals surface area contributed by atoms with Crippen LogP contribution >= 0.6 is 11.6 Å². The quantitative estimate of drug-likeness (QED) is 0.458. The maximum Gasteiger partial charge on any atom is 0.336 e. The van der Waals surface area contributed by atoms with Crippen LogP contribution < -0.4 is 29.2 Å². The maximum absolute atomic E-state index is 13.3. The molecule has 0 aromatic heterocycles. The summed E-state index contributed by atoms with van der Waals surface area (Å²) >= 11 is 6.13. The number of benzene rings is 2. The lowest BCUT2D eigenvalue weighted by molar-refractivity contribution is -0.122. The summed E-state index contributed by atoms with van der Waals surface area (Å²) in [4.78, 5) is 39.2. The molecule has 0 atom stereocenters. The van der Waals surface area contributed by atoms with Gasteiger partial charge in [-0.1, -0.05) is 24.6 Å². The third-order valence-corrected chi connectivity index (χ3v) is 5.05. The highest BCUT2D eigenvalue weighted by molar-refractivity contribution is 6.39. The minimum atomic E-state index is -0.925. The molecule has 2 aromatic rings. The Bertz CT molecular complexity index is 1130. The van der Waals surface area contributed by atoms with Crippen molar-refractivity contribution in [2.45, 2.75) is 13.3 Å². The zero-order valence-electron chi connectivity index (χ0n) is 18.6. The normalized spacial score (nSPS) is 14.9. The highest BCUT2D eigenvalue weighted by atomic mass is 35.5. The van der Waals surface area contributed by atoms with Crippen LogP contribution in [0.25, 0.3) is 6.08 Å². The van der Waals surface area contributed by atoms with Crippen LogP contribution in [0.15, 0.2) is 35.9 Å². The number of nitrogens with one attached hydrogen (secondary N) is 1. The zero-order chi connectivity index (χ0) is 24.1. The van der Waals surface area contributed by atoms with Gasteiger partial charge < -0.3 is 18.9 Å². The fourth-order valence-corrected chi connectivity index (χ4v) is 3.40. The SMILES string of the molecule is CCCOc1ccc(/C=C2\C(=O)NC(=O)N(c3cc(OC)c(Cl)cc3OC)C2=O)cc1OC. The molecule has 1 aliphatic rings. The molecule has 174 valence electrons. The van der Waals surface area contributed by atoms with Gasteiger partial charge in [-0.25, -0.2) is 9.69 Å². The van der Waals surface area contributed by atoms with Crippen LogP contribution in [0.4, 0.5) is 10.5 Å². The molecule has 1 saturated heterocycles. The Morgan fingerprint density at radius 2 is 1.64 bits per heavy atom. The fraction of sp³-hybridized carbons (Fsp3) is 0.261. The van der Waals surface area contributed by atoms with Gasteiger partial charge in [-0.3, -0.25) is 14.9 Å². The van der Waals surface area contributed by atoms with E-state index in [-0.39, 0.29) is 27.8 Å². The smallest absolute Gasteiger partial charge is 0.336 e.